The molecule has 1 aliphatic heterocycles. The van der Waals surface area contributed by atoms with Gasteiger partial charge in [0.15, 0.2) is 0 Å². The lowest BCUT2D eigenvalue weighted by Gasteiger charge is -2.26. The summed E-state index contributed by atoms with van der Waals surface area (Å²) in [4.78, 5) is 25.8. The van der Waals surface area contributed by atoms with E-state index in [9.17, 15) is 14.0 Å². The second kappa shape index (κ2) is 7.45. The van der Waals surface area contributed by atoms with Gasteiger partial charge in [0.1, 0.15) is 16.6 Å². The third-order valence-electron chi connectivity index (χ3n) is 3.83. The second-order valence-electron chi connectivity index (χ2n) is 5.57. The highest BCUT2D eigenvalue weighted by Crippen LogP contribution is 2.44. The van der Waals surface area contributed by atoms with E-state index in [0.717, 1.165) is 5.56 Å². The van der Waals surface area contributed by atoms with Crippen molar-refractivity contribution in [2.45, 2.75) is 17.7 Å². The zero-order valence-electron chi connectivity index (χ0n) is 13.4. The number of nitrogens with zero attached hydrogens (tertiary/aromatic N) is 1. The first-order valence-corrected chi connectivity index (χ1v) is 9.19. The summed E-state index contributed by atoms with van der Waals surface area (Å²) in [6.45, 7) is 1.58. The molecule has 2 aromatic rings. The van der Waals surface area contributed by atoms with Gasteiger partial charge in [0.25, 0.3) is 0 Å². The summed E-state index contributed by atoms with van der Waals surface area (Å²) < 4.78 is 14.2. The Balaban J connectivity index is 1.99. The summed E-state index contributed by atoms with van der Waals surface area (Å²) in [6.07, 6.45) is 0. The predicted molar refractivity (Wildman–Crippen MR) is 99.5 cm³/mol. The molecule has 0 spiro atoms. The fourth-order valence-corrected chi connectivity index (χ4v) is 3.88. The summed E-state index contributed by atoms with van der Waals surface area (Å²) in [5.74, 6) is -0.722. The average molecular weight is 379 g/mol. The highest BCUT2D eigenvalue weighted by atomic mass is 35.5. The summed E-state index contributed by atoms with van der Waals surface area (Å²) in [6, 6.07) is 13.3. The van der Waals surface area contributed by atoms with Crippen molar-refractivity contribution in [1.29, 1.82) is 0 Å². The monoisotopic (exact) mass is 378 g/mol. The van der Waals surface area contributed by atoms with Crippen LogP contribution in [0.15, 0.2) is 48.5 Å². The molecule has 2 aromatic carbocycles. The minimum absolute atomic E-state index is 0.174. The van der Waals surface area contributed by atoms with Crippen LogP contribution in [0.1, 0.15) is 17.9 Å². The van der Waals surface area contributed by atoms with E-state index in [2.05, 4.69) is 5.32 Å². The molecule has 7 heteroatoms. The molecule has 25 heavy (non-hydrogen) atoms. The van der Waals surface area contributed by atoms with E-state index >= 15 is 0 Å². The fourth-order valence-electron chi connectivity index (χ4n) is 2.62. The molecule has 0 radical (unpaired) electrons. The molecule has 1 heterocycles. The van der Waals surface area contributed by atoms with Crippen LogP contribution >= 0.6 is 23.4 Å². The van der Waals surface area contributed by atoms with E-state index < -0.39 is 16.6 Å². The number of hydrogen-bond acceptors (Lipinski definition) is 3. The molecule has 0 bridgehead atoms. The summed E-state index contributed by atoms with van der Waals surface area (Å²) >= 11 is 7.22. The SMILES string of the molecule is C[C@@H](Cl)C(=O)Nc1ccccc1[C@@H]1SCC(=O)N1c1ccccc1F. The van der Waals surface area contributed by atoms with Crippen LogP contribution in [0, 0.1) is 5.82 Å². The van der Waals surface area contributed by atoms with Gasteiger partial charge in [-0.15, -0.1) is 23.4 Å². The van der Waals surface area contributed by atoms with Crippen molar-refractivity contribution in [3.63, 3.8) is 0 Å². The Morgan fingerprint density at radius 2 is 1.96 bits per heavy atom. The van der Waals surface area contributed by atoms with Crippen LogP contribution in [-0.2, 0) is 9.59 Å². The smallest absolute Gasteiger partial charge is 0.242 e. The highest BCUT2D eigenvalue weighted by Gasteiger charge is 2.36. The van der Waals surface area contributed by atoms with Crippen LogP contribution in [0.2, 0.25) is 0 Å². The van der Waals surface area contributed by atoms with Crippen LogP contribution < -0.4 is 10.2 Å². The second-order valence-corrected chi connectivity index (χ2v) is 7.29. The van der Waals surface area contributed by atoms with E-state index in [-0.39, 0.29) is 23.3 Å². The third-order valence-corrected chi connectivity index (χ3v) is 5.22. The molecular weight excluding hydrogens is 363 g/mol. The van der Waals surface area contributed by atoms with Crippen molar-refractivity contribution in [3.05, 3.63) is 59.9 Å². The molecule has 2 amide bonds. The maximum absolute atomic E-state index is 14.2. The minimum atomic E-state index is -0.686. The number of nitrogens with one attached hydrogen (secondary N) is 1. The van der Waals surface area contributed by atoms with Gasteiger partial charge in [-0.1, -0.05) is 30.3 Å². The van der Waals surface area contributed by atoms with Crippen LogP contribution in [-0.4, -0.2) is 22.9 Å². The van der Waals surface area contributed by atoms with Crippen molar-refractivity contribution in [1.82, 2.24) is 0 Å². The first-order valence-electron chi connectivity index (χ1n) is 7.71. The topological polar surface area (TPSA) is 49.4 Å². The van der Waals surface area contributed by atoms with Crippen molar-refractivity contribution in [2.75, 3.05) is 16.0 Å². The largest absolute Gasteiger partial charge is 0.324 e. The zero-order chi connectivity index (χ0) is 18.0. The molecule has 1 aliphatic rings. The molecule has 1 saturated heterocycles. The van der Waals surface area contributed by atoms with Gasteiger partial charge in [0.2, 0.25) is 11.8 Å². The predicted octanol–water partition coefficient (Wildman–Crippen LogP) is 4.17. The van der Waals surface area contributed by atoms with Gasteiger partial charge < -0.3 is 5.32 Å². The number of thioether (sulfide) groups is 1. The molecule has 0 unspecified atom stereocenters. The standard InChI is InChI=1S/C18H16ClFN2O2S/c1-11(19)17(24)21-14-8-4-2-6-12(14)18-22(16(23)10-25-18)15-9-5-3-7-13(15)20/h2-9,11,18H,10H2,1H3,(H,21,24)/t11-,18+/m1/s1. The molecule has 0 aliphatic carbocycles. The number of halogens is 2. The Labute approximate surface area is 154 Å². The van der Waals surface area contributed by atoms with Crippen molar-refractivity contribution in [2.24, 2.45) is 0 Å². The maximum atomic E-state index is 14.2. The van der Waals surface area contributed by atoms with E-state index in [4.69, 9.17) is 11.6 Å². The number of carbonyl (C=O) groups excluding carboxylic acids is 2. The molecule has 1 fully saturated rings. The van der Waals surface area contributed by atoms with E-state index in [1.807, 2.05) is 12.1 Å². The zero-order valence-corrected chi connectivity index (χ0v) is 15.0. The number of benzene rings is 2. The molecule has 0 saturated carbocycles. The van der Waals surface area contributed by atoms with Crippen LogP contribution in [0.25, 0.3) is 0 Å². The van der Waals surface area contributed by atoms with Crippen molar-refractivity contribution >= 4 is 46.6 Å². The maximum Gasteiger partial charge on any atom is 0.242 e. The number of amides is 2. The normalized spacial score (nSPS) is 18.3. The number of para-hydroxylation sites is 2. The number of rotatable bonds is 4. The molecular formula is C18H16ClFN2O2S. The lowest BCUT2D eigenvalue weighted by atomic mass is 10.1. The van der Waals surface area contributed by atoms with Gasteiger partial charge in [-0.25, -0.2) is 4.39 Å². The number of alkyl halides is 1. The number of anilines is 2. The van der Waals surface area contributed by atoms with Gasteiger partial charge in [-0.05, 0) is 25.1 Å². The lowest BCUT2D eigenvalue weighted by Crippen LogP contribution is -2.29. The fraction of sp³-hybridized carbons (Fsp3) is 0.222. The van der Waals surface area contributed by atoms with E-state index in [1.54, 1.807) is 37.3 Å². The minimum Gasteiger partial charge on any atom is -0.324 e. The first kappa shape index (κ1) is 17.8. The Kier molecular flexibility index (Phi) is 5.30. The molecule has 1 N–H and O–H groups in total. The summed E-state index contributed by atoms with van der Waals surface area (Å²) in [5, 5.41) is 1.66. The Morgan fingerprint density at radius 3 is 2.68 bits per heavy atom. The molecule has 130 valence electrons. The van der Waals surface area contributed by atoms with Gasteiger partial charge in [-0.3, -0.25) is 14.5 Å². The number of hydrogen-bond donors (Lipinski definition) is 1. The van der Waals surface area contributed by atoms with Crippen LogP contribution in [0.4, 0.5) is 15.8 Å². The van der Waals surface area contributed by atoms with E-state index in [1.165, 1.54) is 22.7 Å². The summed E-state index contributed by atoms with van der Waals surface area (Å²) in [7, 11) is 0. The number of carbonyl (C=O) groups is 2. The lowest BCUT2D eigenvalue weighted by molar-refractivity contribution is -0.116. The molecule has 3 rings (SSSR count). The molecule has 2 atom stereocenters. The Hall–Kier alpha value is -2.05. The molecule has 0 aromatic heterocycles. The van der Waals surface area contributed by atoms with Crippen LogP contribution in [0.3, 0.4) is 0 Å². The third kappa shape index (κ3) is 3.65. The molecule has 4 nitrogen and oxygen atoms in total. The van der Waals surface area contributed by atoms with Crippen LogP contribution in [0.5, 0.6) is 0 Å². The van der Waals surface area contributed by atoms with Gasteiger partial charge in [-0.2, -0.15) is 0 Å². The van der Waals surface area contributed by atoms with Crippen molar-refractivity contribution < 1.29 is 14.0 Å². The summed E-state index contributed by atoms with van der Waals surface area (Å²) in [5.41, 5.74) is 1.52. The quantitative estimate of drug-likeness (QED) is 0.812. The Bertz CT molecular complexity index is 815. The average Bonchev–Trinajstić information content (AvgIpc) is 2.97. The first-order chi connectivity index (χ1) is 12.0. The Morgan fingerprint density at radius 1 is 1.28 bits per heavy atom. The van der Waals surface area contributed by atoms with Crippen molar-refractivity contribution in [3.8, 4) is 0 Å². The van der Waals surface area contributed by atoms with Gasteiger partial charge in [0.05, 0.1) is 11.4 Å². The van der Waals surface area contributed by atoms with Gasteiger partial charge >= 0.3 is 0 Å². The highest BCUT2D eigenvalue weighted by molar-refractivity contribution is 8.00. The van der Waals surface area contributed by atoms with E-state index in [0.29, 0.717) is 5.69 Å². The van der Waals surface area contributed by atoms with Gasteiger partial charge in [0, 0.05) is 11.3 Å².